The second-order valence-corrected chi connectivity index (χ2v) is 7.74. The normalized spacial score (nSPS) is 12.6. The van der Waals surface area contributed by atoms with Gasteiger partial charge in [-0.1, -0.05) is 29.3 Å². The number of amides is 1. The first kappa shape index (κ1) is 21.2. The lowest BCUT2D eigenvalue weighted by Crippen LogP contribution is -2.41. The Balaban J connectivity index is 1.71. The van der Waals surface area contributed by atoms with Crippen molar-refractivity contribution in [1.82, 2.24) is 5.32 Å². The first-order valence-electron chi connectivity index (χ1n) is 8.73. The van der Waals surface area contributed by atoms with Crippen molar-refractivity contribution in [2.75, 3.05) is 25.8 Å². The third-order valence-corrected chi connectivity index (χ3v) is 5.03. The van der Waals surface area contributed by atoms with Gasteiger partial charge in [0.05, 0.1) is 29.9 Å². The Hall–Kier alpha value is -2.48. The van der Waals surface area contributed by atoms with Crippen LogP contribution < -0.4 is 20.1 Å². The Labute approximate surface area is 178 Å². The predicted octanol–water partition coefficient (Wildman–Crippen LogP) is 3.97. The summed E-state index contributed by atoms with van der Waals surface area (Å²) in [6.45, 7) is 4.04. The van der Waals surface area contributed by atoms with Crippen LogP contribution in [0.3, 0.4) is 0 Å². The highest BCUT2D eigenvalue weighted by atomic mass is 35.5. The standard InChI is InChI=1S/C20H20Cl2N2O5/c1-20(2,11-4-5-15-16(6-11)29-10-28-15)23-9-17(25)24-18-13(19(26)27-3)7-12(21)8-14(18)22/h4-8,23H,9-10H2,1-3H3,(H,24,25). The minimum atomic E-state index is -0.654. The van der Waals surface area contributed by atoms with Gasteiger partial charge in [-0.2, -0.15) is 0 Å². The van der Waals surface area contributed by atoms with Gasteiger partial charge in [-0.05, 0) is 43.7 Å². The molecular weight excluding hydrogens is 419 g/mol. The number of rotatable bonds is 6. The van der Waals surface area contributed by atoms with E-state index in [4.69, 9.17) is 37.4 Å². The third-order valence-electron chi connectivity index (χ3n) is 4.51. The zero-order chi connectivity index (χ0) is 21.2. The number of halogens is 2. The van der Waals surface area contributed by atoms with Crippen LogP contribution in [-0.4, -0.2) is 32.3 Å². The van der Waals surface area contributed by atoms with Crippen LogP contribution in [0.25, 0.3) is 0 Å². The van der Waals surface area contributed by atoms with Crippen molar-refractivity contribution in [3.8, 4) is 11.5 Å². The highest BCUT2D eigenvalue weighted by molar-refractivity contribution is 6.37. The molecule has 0 atom stereocenters. The summed E-state index contributed by atoms with van der Waals surface area (Å²) in [5.74, 6) is 0.319. The molecule has 2 aromatic rings. The van der Waals surface area contributed by atoms with Crippen molar-refractivity contribution < 1.29 is 23.8 Å². The molecule has 0 aromatic heterocycles. The number of carbonyl (C=O) groups excluding carboxylic acids is 2. The topological polar surface area (TPSA) is 85.9 Å². The molecule has 1 heterocycles. The van der Waals surface area contributed by atoms with Crippen LogP contribution in [0.5, 0.6) is 11.5 Å². The zero-order valence-corrected chi connectivity index (χ0v) is 17.6. The molecule has 2 N–H and O–H groups in total. The van der Waals surface area contributed by atoms with Crippen LogP contribution in [-0.2, 0) is 15.1 Å². The van der Waals surface area contributed by atoms with Gasteiger partial charge < -0.3 is 19.5 Å². The van der Waals surface area contributed by atoms with Crippen molar-refractivity contribution in [2.45, 2.75) is 19.4 Å². The van der Waals surface area contributed by atoms with Crippen molar-refractivity contribution in [3.63, 3.8) is 0 Å². The molecule has 29 heavy (non-hydrogen) atoms. The van der Waals surface area contributed by atoms with E-state index in [1.807, 2.05) is 32.0 Å². The van der Waals surface area contributed by atoms with Crippen molar-refractivity contribution >= 4 is 40.8 Å². The minimum absolute atomic E-state index is 0.0268. The van der Waals surface area contributed by atoms with Gasteiger partial charge in [0.2, 0.25) is 12.7 Å². The number of hydrogen-bond acceptors (Lipinski definition) is 6. The molecule has 0 saturated carbocycles. The SMILES string of the molecule is COC(=O)c1cc(Cl)cc(Cl)c1NC(=O)CNC(C)(C)c1ccc2c(c1)OCO2. The van der Waals surface area contributed by atoms with Crippen molar-refractivity contribution in [2.24, 2.45) is 0 Å². The van der Waals surface area contributed by atoms with E-state index in [1.165, 1.54) is 19.2 Å². The quantitative estimate of drug-likeness (QED) is 0.663. The fourth-order valence-corrected chi connectivity index (χ4v) is 3.38. The smallest absolute Gasteiger partial charge is 0.340 e. The Kier molecular flexibility index (Phi) is 6.21. The van der Waals surface area contributed by atoms with Gasteiger partial charge >= 0.3 is 5.97 Å². The molecule has 1 aliphatic heterocycles. The number of fused-ring (bicyclic) bond motifs is 1. The van der Waals surface area contributed by atoms with Gasteiger partial charge in [-0.15, -0.1) is 0 Å². The number of methoxy groups -OCH3 is 1. The van der Waals surface area contributed by atoms with Gasteiger partial charge in [-0.3, -0.25) is 10.1 Å². The Bertz CT molecular complexity index is 962. The molecule has 0 spiro atoms. The summed E-state index contributed by atoms with van der Waals surface area (Å²) in [5, 5.41) is 6.24. The lowest BCUT2D eigenvalue weighted by Gasteiger charge is -2.27. The molecule has 0 radical (unpaired) electrons. The minimum Gasteiger partial charge on any atom is -0.465 e. The zero-order valence-electron chi connectivity index (χ0n) is 16.1. The van der Waals surface area contributed by atoms with Crippen LogP contribution in [0.2, 0.25) is 10.0 Å². The Morgan fingerprint density at radius 2 is 1.86 bits per heavy atom. The van der Waals surface area contributed by atoms with Crippen LogP contribution in [0.15, 0.2) is 30.3 Å². The maximum atomic E-state index is 12.5. The number of anilines is 1. The van der Waals surface area contributed by atoms with Gasteiger partial charge in [0.25, 0.3) is 0 Å². The summed E-state index contributed by atoms with van der Waals surface area (Å²) in [6, 6.07) is 8.44. The molecule has 7 nitrogen and oxygen atoms in total. The van der Waals surface area contributed by atoms with Crippen molar-refractivity contribution in [1.29, 1.82) is 0 Å². The Morgan fingerprint density at radius 1 is 1.14 bits per heavy atom. The van der Waals surface area contributed by atoms with E-state index >= 15 is 0 Å². The fraction of sp³-hybridized carbons (Fsp3) is 0.300. The highest BCUT2D eigenvalue weighted by Gasteiger charge is 2.25. The first-order chi connectivity index (χ1) is 13.7. The van der Waals surface area contributed by atoms with E-state index in [-0.39, 0.29) is 40.5 Å². The largest absolute Gasteiger partial charge is 0.465 e. The summed E-state index contributed by atoms with van der Waals surface area (Å²) in [6.07, 6.45) is 0. The van der Waals surface area contributed by atoms with Crippen LogP contribution in [0, 0.1) is 0 Å². The second-order valence-electron chi connectivity index (χ2n) is 6.90. The lowest BCUT2D eigenvalue weighted by atomic mass is 9.94. The molecule has 1 amide bonds. The first-order valence-corrected chi connectivity index (χ1v) is 9.49. The van der Waals surface area contributed by atoms with E-state index in [0.717, 1.165) is 5.56 Å². The molecule has 0 bridgehead atoms. The van der Waals surface area contributed by atoms with Crippen LogP contribution in [0.1, 0.15) is 29.8 Å². The lowest BCUT2D eigenvalue weighted by molar-refractivity contribution is -0.115. The van der Waals surface area contributed by atoms with Gasteiger partial charge in [0.15, 0.2) is 11.5 Å². The monoisotopic (exact) mass is 438 g/mol. The number of esters is 1. The number of carbonyl (C=O) groups is 2. The number of hydrogen-bond donors (Lipinski definition) is 2. The average molecular weight is 439 g/mol. The highest BCUT2D eigenvalue weighted by Crippen LogP contribution is 2.35. The molecule has 154 valence electrons. The van der Waals surface area contributed by atoms with Crippen LogP contribution in [0.4, 0.5) is 5.69 Å². The van der Waals surface area contributed by atoms with E-state index in [9.17, 15) is 9.59 Å². The molecule has 2 aromatic carbocycles. The predicted molar refractivity (Wildman–Crippen MR) is 110 cm³/mol. The number of nitrogens with one attached hydrogen (secondary N) is 2. The number of ether oxygens (including phenoxy) is 3. The van der Waals surface area contributed by atoms with E-state index in [2.05, 4.69) is 10.6 Å². The summed E-state index contributed by atoms with van der Waals surface area (Å²) < 4.78 is 15.5. The summed E-state index contributed by atoms with van der Waals surface area (Å²) >= 11 is 12.1. The molecule has 0 unspecified atom stereocenters. The summed E-state index contributed by atoms with van der Waals surface area (Å²) in [5.41, 5.74) is 0.617. The molecule has 0 fully saturated rings. The molecule has 0 aliphatic carbocycles. The van der Waals surface area contributed by atoms with Crippen molar-refractivity contribution in [3.05, 3.63) is 51.5 Å². The summed E-state index contributed by atoms with van der Waals surface area (Å²) in [4.78, 5) is 24.5. The van der Waals surface area contributed by atoms with E-state index in [1.54, 1.807) is 0 Å². The average Bonchev–Trinajstić information content (AvgIpc) is 3.15. The fourth-order valence-electron chi connectivity index (χ4n) is 2.84. The molecule has 9 heteroatoms. The third kappa shape index (κ3) is 4.75. The molecule has 0 saturated heterocycles. The van der Waals surface area contributed by atoms with Crippen LogP contribution >= 0.6 is 23.2 Å². The second kappa shape index (κ2) is 8.49. The maximum Gasteiger partial charge on any atom is 0.340 e. The van der Waals surface area contributed by atoms with E-state index < -0.39 is 11.5 Å². The van der Waals surface area contributed by atoms with E-state index in [0.29, 0.717) is 11.5 Å². The summed E-state index contributed by atoms with van der Waals surface area (Å²) in [7, 11) is 1.23. The maximum absolute atomic E-state index is 12.5. The molecular formula is C20H20Cl2N2O5. The molecule has 1 aliphatic rings. The Morgan fingerprint density at radius 3 is 2.59 bits per heavy atom. The van der Waals surface area contributed by atoms with Gasteiger partial charge in [0, 0.05) is 10.6 Å². The number of benzene rings is 2. The van der Waals surface area contributed by atoms with Gasteiger partial charge in [-0.25, -0.2) is 4.79 Å². The van der Waals surface area contributed by atoms with Gasteiger partial charge in [0.1, 0.15) is 0 Å². The molecule has 3 rings (SSSR count).